The van der Waals surface area contributed by atoms with Gasteiger partial charge in [0.25, 0.3) is 0 Å². The van der Waals surface area contributed by atoms with Crippen molar-refractivity contribution in [3.63, 3.8) is 0 Å². The van der Waals surface area contributed by atoms with Crippen molar-refractivity contribution in [2.75, 3.05) is 14.2 Å². The summed E-state index contributed by atoms with van der Waals surface area (Å²) in [6.07, 6.45) is 4.26. The minimum Gasteiger partial charge on any atom is -0.493 e. The van der Waals surface area contributed by atoms with E-state index in [2.05, 4.69) is 78.9 Å². The van der Waals surface area contributed by atoms with Crippen LogP contribution < -0.4 is 9.47 Å². The molecule has 0 heterocycles. The lowest BCUT2D eigenvalue weighted by Crippen LogP contribution is -1.92. The quantitative estimate of drug-likeness (QED) is 0.236. The molecular weight excluding hydrogens is 368 g/mol. The summed E-state index contributed by atoms with van der Waals surface area (Å²) in [6.45, 7) is 0. The molecule has 5 aromatic carbocycles. The predicted octanol–water partition coefficient (Wildman–Crippen LogP) is 7.33. The molecule has 0 N–H and O–H groups in total. The van der Waals surface area contributed by atoms with Crippen molar-refractivity contribution >= 4 is 44.5 Å². The van der Waals surface area contributed by atoms with E-state index in [1.807, 2.05) is 18.2 Å². The Morgan fingerprint density at radius 1 is 0.567 bits per heavy atom. The van der Waals surface area contributed by atoms with Gasteiger partial charge in [0, 0.05) is 5.56 Å². The zero-order valence-electron chi connectivity index (χ0n) is 17.1. The second-order valence-corrected chi connectivity index (χ2v) is 7.31. The first-order valence-electron chi connectivity index (χ1n) is 10.0. The van der Waals surface area contributed by atoms with E-state index in [-0.39, 0.29) is 0 Å². The van der Waals surface area contributed by atoms with E-state index in [0.717, 1.165) is 17.1 Å². The maximum Gasteiger partial charge on any atom is 0.167 e. The zero-order chi connectivity index (χ0) is 20.5. The summed E-state index contributed by atoms with van der Waals surface area (Å²) in [5.74, 6) is 1.47. The fourth-order valence-corrected chi connectivity index (χ4v) is 4.26. The molecule has 0 radical (unpaired) electrons. The fourth-order valence-electron chi connectivity index (χ4n) is 4.26. The van der Waals surface area contributed by atoms with Crippen LogP contribution in [0.25, 0.3) is 44.5 Å². The Hall–Kier alpha value is -3.78. The van der Waals surface area contributed by atoms with Crippen LogP contribution in [0.3, 0.4) is 0 Å². The molecule has 5 rings (SSSR count). The summed E-state index contributed by atoms with van der Waals surface area (Å²) < 4.78 is 11.0. The van der Waals surface area contributed by atoms with Crippen LogP contribution in [0.4, 0.5) is 0 Å². The third-order valence-electron chi connectivity index (χ3n) is 5.66. The van der Waals surface area contributed by atoms with Crippen LogP contribution in [-0.4, -0.2) is 14.2 Å². The van der Waals surface area contributed by atoms with Gasteiger partial charge < -0.3 is 9.47 Å². The molecule has 0 bridgehead atoms. The summed E-state index contributed by atoms with van der Waals surface area (Å²) >= 11 is 0. The first-order valence-corrected chi connectivity index (χ1v) is 10.0. The maximum absolute atomic E-state index is 5.59. The Kier molecular flexibility index (Phi) is 4.61. The summed E-state index contributed by atoms with van der Waals surface area (Å²) in [5.41, 5.74) is 2.17. The Bertz CT molecular complexity index is 1400. The van der Waals surface area contributed by atoms with Crippen LogP contribution in [0.15, 0.2) is 84.9 Å². The molecule has 0 aliphatic heterocycles. The average molecular weight is 390 g/mol. The van der Waals surface area contributed by atoms with Gasteiger partial charge in [0.1, 0.15) is 0 Å². The minimum absolute atomic E-state index is 0.731. The predicted molar refractivity (Wildman–Crippen MR) is 127 cm³/mol. The molecule has 5 aromatic rings. The van der Waals surface area contributed by atoms with Gasteiger partial charge in [-0.1, -0.05) is 84.9 Å². The van der Waals surface area contributed by atoms with E-state index < -0.39 is 0 Å². The molecule has 0 aliphatic rings. The van der Waals surface area contributed by atoms with Crippen molar-refractivity contribution in [3.05, 3.63) is 96.1 Å². The van der Waals surface area contributed by atoms with Gasteiger partial charge in [-0.3, -0.25) is 0 Å². The second-order valence-electron chi connectivity index (χ2n) is 7.31. The molecule has 2 nitrogen and oxygen atoms in total. The van der Waals surface area contributed by atoms with Gasteiger partial charge >= 0.3 is 0 Å². The third-order valence-corrected chi connectivity index (χ3v) is 5.66. The van der Waals surface area contributed by atoms with Crippen molar-refractivity contribution < 1.29 is 9.47 Å². The van der Waals surface area contributed by atoms with E-state index >= 15 is 0 Å². The van der Waals surface area contributed by atoms with Crippen molar-refractivity contribution in [2.24, 2.45) is 0 Å². The van der Waals surface area contributed by atoms with E-state index in [4.69, 9.17) is 9.47 Å². The Labute approximate surface area is 176 Å². The highest BCUT2D eigenvalue weighted by molar-refractivity contribution is 6.22. The molecule has 2 heteroatoms. The maximum atomic E-state index is 5.59. The number of hydrogen-bond donors (Lipinski definition) is 0. The van der Waals surface area contributed by atoms with Crippen LogP contribution in [-0.2, 0) is 0 Å². The number of fused-ring (bicyclic) bond motifs is 5. The average Bonchev–Trinajstić information content (AvgIpc) is 2.81. The summed E-state index contributed by atoms with van der Waals surface area (Å²) in [6, 6.07) is 29.8. The van der Waals surface area contributed by atoms with Gasteiger partial charge in [-0.25, -0.2) is 0 Å². The largest absolute Gasteiger partial charge is 0.493 e. The molecule has 146 valence electrons. The van der Waals surface area contributed by atoms with Crippen LogP contribution in [0.2, 0.25) is 0 Å². The summed E-state index contributed by atoms with van der Waals surface area (Å²) in [4.78, 5) is 0. The first kappa shape index (κ1) is 18.3. The lowest BCUT2D eigenvalue weighted by atomic mass is 9.92. The van der Waals surface area contributed by atoms with E-state index in [9.17, 15) is 0 Å². The SMILES string of the molecule is COc1cccc(/C=C\c2cc3ccccc3c3c2ccc2ccccc23)c1OC. The molecule has 0 spiro atoms. The summed E-state index contributed by atoms with van der Waals surface area (Å²) in [7, 11) is 3.33. The fraction of sp³-hybridized carbons (Fsp3) is 0.0714. The highest BCUT2D eigenvalue weighted by Gasteiger charge is 2.10. The van der Waals surface area contributed by atoms with E-state index in [1.165, 1.54) is 37.9 Å². The Morgan fingerprint density at radius 2 is 1.27 bits per heavy atom. The number of rotatable bonds is 4. The lowest BCUT2D eigenvalue weighted by Gasteiger charge is -2.12. The first-order chi connectivity index (χ1) is 14.8. The van der Waals surface area contributed by atoms with Gasteiger partial charge in [0.05, 0.1) is 14.2 Å². The molecule has 0 unspecified atom stereocenters. The number of ether oxygens (including phenoxy) is 2. The summed E-state index contributed by atoms with van der Waals surface area (Å²) in [5, 5.41) is 7.58. The number of hydrogen-bond acceptors (Lipinski definition) is 2. The second kappa shape index (κ2) is 7.57. The highest BCUT2D eigenvalue weighted by atomic mass is 16.5. The highest BCUT2D eigenvalue weighted by Crippen LogP contribution is 2.36. The van der Waals surface area contributed by atoms with Gasteiger partial charge in [-0.15, -0.1) is 0 Å². The van der Waals surface area contributed by atoms with E-state index in [1.54, 1.807) is 14.2 Å². The zero-order valence-corrected chi connectivity index (χ0v) is 17.1. The number of benzene rings is 5. The normalized spacial score (nSPS) is 11.5. The molecule has 0 atom stereocenters. The molecule has 0 saturated heterocycles. The monoisotopic (exact) mass is 390 g/mol. The molecule has 0 saturated carbocycles. The van der Waals surface area contributed by atoms with E-state index in [0.29, 0.717) is 0 Å². The van der Waals surface area contributed by atoms with Gasteiger partial charge in [0.2, 0.25) is 0 Å². The van der Waals surface area contributed by atoms with Crippen molar-refractivity contribution in [2.45, 2.75) is 0 Å². The van der Waals surface area contributed by atoms with Crippen LogP contribution >= 0.6 is 0 Å². The Morgan fingerprint density at radius 3 is 2.03 bits per heavy atom. The topological polar surface area (TPSA) is 18.5 Å². The molecule has 0 aliphatic carbocycles. The smallest absolute Gasteiger partial charge is 0.167 e. The van der Waals surface area contributed by atoms with Crippen LogP contribution in [0, 0.1) is 0 Å². The van der Waals surface area contributed by atoms with Crippen molar-refractivity contribution in [3.8, 4) is 11.5 Å². The molecule has 0 fully saturated rings. The van der Waals surface area contributed by atoms with Crippen LogP contribution in [0.5, 0.6) is 11.5 Å². The molecular formula is C28H22O2. The molecule has 30 heavy (non-hydrogen) atoms. The van der Waals surface area contributed by atoms with Crippen LogP contribution in [0.1, 0.15) is 11.1 Å². The number of para-hydroxylation sites is 1. The number of methoxy groups -OCH3 is 2. The third kappa shape index (κ3) is 2.98. The van der Waals surface area contributed by atoms with Gasteiger partial charge in [0.15, 0.2) is 11.5 Å². The van der Waals surface area contributed by atoms with Gasteiger partial charge in [-0.05, 0) is 50.0 Å². The minimum atomic E-state index is 0.731. The standard InChI is InChI=1S/C28H22O2/c1-29-26-13-7-10-20(28(26)30-2)14-15-22-18-21-9-4-6-12-24(21)27-23-11-5-3-8-19(23)16-17-25(22)27/h3-18H,1-2H3/b15-14-. The van der Waals surface area contributed by atoms with Gasteiger partial charge in [-0.2, -0.15) is 0 Å². The van der Waals surface area contributed by atoms with Crippen molar-refractivity contribution in [1.82, 2.24) is 0 Å². The molecule has 0 aromatic heterocycles. The molecule has 0 amide bonds. The lowest BCUT2D eigenvalue weighted by molar-refractivity contribution is 0.354. The Balaban J connectivity index is 1.78. The van der Waals surface area contributed by atoms with Crippen molar-refractivity contribution in [1.29, 1.82) is 0 Å².